The molecule has 0 aliphatic heterocycles. The Morgan fingerprint density at radius 2 is 1.84 bits per heavy atom. The fourth-order valence-corrected chi connectivity index (χ4v) is 1.45. The predicted molar refractivity (Wildman–Crippen MR) is 68.1 cm³/mol. The molecule has 0 aromatic heterocycles. The van der Waals surface area contributed by atoms with Crippen LogP contribution in [-0.2, 0) is 4.79 Å². The molecule has 0 bridgehead atoms. The van der Waals surface area contributed by atoms with Crippen molar-refractivity contribution in [2.24, 2.45) is 4.99 Å². The van der Waals surface area contributed by atoms with Crippen molar-refractivity contribution in [1.29, 1.82) is 0 Å². The summed E-state index contributed by atoms with van der Waals surface area (Å²) in [5.74, 6) is -0.774. The van der Waals surface area contributed by atoms with E-state index in [0.717, 1.165) is 6.07 Å². The topological polar surface area (TPSA) is 89.6 Å². The molecule has 0 unspecified atom stereocenters. The van der Waals surface area contributed by atoms with Crippen molar-refractivity contribution in [3.05, 3.63) is 64.2 Å². The van der Waals surface area contributed by atoms with E-state index in [1.165, 1.54) is 42.5 Å². The number of nitro groups is 1. The first-order valence-electron chi connectivity index (χ1n) is 5.34. The van der Waals surface area contributed by atoms with Gasteiger partial charge in [-0.3, -0.25) is 19.7 Å². The lowest BCUT2D eigenvalue weighted by atomic mass is 10.1. The van der Waals surface area contributed by atoms with E-state index in [1.54, 1.807) is 0 Å². The normalized spacial score (nSPS) is 13.5. The van der Waals surface area contributed by atoms with Crippen molar-refractivity contribution in [1.82, 2.24) is 0 Å². The number of nitro benzene ring substituents is 1. The summed E-state index contributed by atoms with van der Waals surface area (Å²) in [6.45, 7) is 0. The van der Waals surface area contributed by atoms with E-state index in [1.807, 2.05) is 0 Å². The van der Waals surface area contributed by atoms with Crippen LogP contribution in [0.5, 0.6) is 0 Å². The van der Waals surface area contributed by atoms with Crippen LogP contribution in [0.25, 0.3) is 0 Å². The van der Waals surface area contributed by atoms with Gasteiger partial charge in [0.2, 0.25) is 0 Å². The first-order valence-corrected chi connectivity index (χ1v) is 5.34. The highest BCUT2D eigenvalue weighted by molar-refractivity contribution is 6.20. The van der Waals surface area contributed by atoms with Gasteiger partial charge in [-0.05, 0) is 30.4 Å². The van der Waals surface area contributed by atoms with Crippen LogP contribution in [0.3, 0.4) is 0 Å². The van der Waals surface area contributed by atoms with Crippen LogP contribution in [0.2, 0.25) is 0 Å². The Morgan fingerprint density at radius 1 is 1.16 bits per heavy atom. The molecular weight excluding hydrogens is 248 g/mol. The molecule has 0 saturated heterocycles. The summed E-state index contributed by atoms with van der Waals surface area (Å²) < 4.78 is 0. The van der Waals surface area contributed by atoms with Crippen LogP contribution in [0.1, 0.15) is 10.4 Å². The molecule has 0 heterocycles. The molecule has 1 aliphatic rings. The molecular formula is C13H8N2O4. The number of carbonyl (C=O) groups excluding carboxylic acids is 2. The zero-order valence-electron chi connectivity index (χ0n) is 9.65. The van der Waals surface area contributed by atoms with Crippen LogP contribution in [0.4, 0.5) is 5.69 Å². The zero-order valence-corrected chi connectivity index (χ0v) is 9.65. The number of benzene rings is 1. The summed E-state index contributed by atoms with van der Waals surface area (Å²) in [5.41, 5.74) is 0.285. The van der Waals surface area contributed by atoms with Crippen molar-refractivity contribution < 1.29 is 14.5 Å². The smallest absolute Gasteiger partial charge is 0.277 e. The molecule has 1 aliphatic carbocycles. The van der Waals surface area contributed by atoms with E-state index in [9.17, 15) is 19.7 Å². The van der Waals surface area contributed by atoms with E-state index in [2.05, 4.69) is 4.99 Å². The summed E-state index contributed by atoms with van der Waals surface area (Å²) in [5, 5.41) is 10.6. The molecule has 6 nitrogen and oxygen atoms in total. The van der Waals surface area contributed by atoms with Crippen molar-refractivity contribution in [3.63, 3.8) is 0 Å². The first kappa shape index (κ1) is 12.6. The van der Waals surface area contributed by atoms with Gasteiger partial charge in [0.1, 0.15) is 0 Å². The van der Waals surface area contributed by atoms with E-state index in [0.29, 0.717) is 5.71 Å². The van der Waals surface area contributed by atoms with Crippen molar-refractivity contribution in [2.45, 2.75) is 0 Å². The molecule has 1 aromatic carbocycles. The van der Waals surface area contributed by atoms with E-state index in [4.69, 9.17) is 0 Å². The number of ketones is 1. The number of aliphatic imine (C=N–C) groups is 1. The highest BCUT2D eigenvalue weighted by Crippen LogP contribution is 2.14. The molecule has 94 valence electrons. The van der Waals surface area contributed by atoms with Gasteiger partial charge in [-0.25, -0.2) is 4.99 Å². The largest absolute Gasteiger partial charge is 0.290 e. The number of rotatable bonds is 2. The van der Waals surface area contributed by atoms with Gasteiger partial charge in [-0.1, -0.05) is 6.07 Å². The maximum atomic E-state index is 11.8. The Labute approximate surface area is 107 Å². The lowest BCUT2D eigenvalue weighted by molar-refractivity contribution is -0.384. The average molecular weight is 256 g/mol. The van der Waals surface area contributed by atoms with Crippen molar-refractivity contribution in [3.8, 4) is 0 Å². The minimum absolute atomic E-state index is 0.125. The summed E-state index contributed by atoms with van der Waals surface area (Å²) >= 11 is 0. The molecule has 1 aromatic rings. The number of nitrogens with zero attached hydrogens (tertiary/aromatic N) is 2. The second kappa shape index (κ2) is 5.18. The second-order valence-electron chi connectivity index (χ2n) is 3.72. The van der Waals surface area contributed by atoms with Crippen LogP contribution in [-0.4, -0.2) is 22.3 Å². The highest BCUT2D eigenvalue weighted by atomic mass is 16.6. The zero-order chi connectivity index (χ0) is 13.8. The molecule has 0 atom stereocenters. The SMILES string of the molecule is O=C1C=CC(=NC(=O)c2cccc([N+](=O)[O-])c2)C=C1. The van der Waals surface area contributed by atoms with Gasteiger partial charge >= 0.3 is 0 Å². The second-order valence-corrected chi connectivity index (χ2v) is 3.72. The maximum absolute atomic E-state index is 11.8. The van der Waals surface area contributed by atoms with Gasteiger partial charge in [0.25, 0.3) is 11.6 Å². The van der Waals surface area contributed by atoms with Crippen LogP contribution in [0, 0.1) is 10.1 Å². The third kappa shape index (κ3) is 3.06. The minimum atomic E-state index is -0.595. The number of hydrogen-bond donors (Lipinski definition) is 0. The van der Waals surface area contributed by atoms with Gasteiger partial charge in [-0.2, -0.15) is 0 Å². The van der Waals surface area contributed by atoms with Gasteiger partial charge in [0.05, 0.1) is 10.6 Å². The summed E-state index contributed by atoms with van der Waals surface area (Å²) in [6, 6.07) is 5.32. The van der Waals surface area contributed by atoms with Gasteiger partial charge in [-0.15, -0.1) is 0 Å². The maximum Gasteiger partial charge on any atom is 0.277 e. The molecule has 0 radical (unpaired) electrons. The monoisotopic (exact) mass is 256 g/mol. The van der Waals surface area contributed by atoms with E-state index < -0.39 is 10.8 Å². The molecule has 0 saturated carbocycles. The van der Waals surface area contributed by atoms with Gasteiger partial charge in [0.15, 0.2) is 5.78 Å². The third-order valence-corrected chi connectivity index (χ3v) is 2.37. The third-order valence-electron chi connectivity index (χ3n) is 2.37. The summed E-state index contributed by atoms with van der Waals surface area (Å²) in [6.07, 6.45) is 5.41. The molecule has 1 amide bonds. The molecule has 19 heavy (non-hydrogen) atoms. The Hall–Kier alpha value is -2.89. The van der Waals surface area contributed by atoms with Crippen LogP contribution in [0.15, 0.2) is 53.6 Å². The standard InChI is InChI=1S/C13H8N2O4/c16-12-6-4-10(5-7-12)14-13(17)9-2-1-3-11(8-9)15(18)19/h1-8H. The van der Waals surface area contributed by atoms with Crippen molar-refractivity contribution in [2.75, 3.05) is 0 Å². The predicted octanol–water partition coefficient (Wildman–Crippen LogP) is 1.87. The number of non-ortho nitro benzene ring substituents is 1. The van der Waals surface area contributed by atoms with Crippen molar-refractivity contribution >= 4 is 23.1 Å². The number of amides is 1. The first-order chi connectivity index (χ1) is 9.06. The Kier molecular flexibility index (Phi) is 3.42. The van der Waals surface area contributed by atoms with Crippen LogP contribution >= 0.6 is 0 Å². The molecule has 6 heteroatoms. The van der Waals surface area contributed by atoms with E-state index >= 15 is 0 Å². The van der Waals surface area contributed by atoms with Crippen LogP contribution < -0.4 is 0 Å². The summed E-state index contributed by atoms with van der Waals surface area (Å²) in [4.78, 5) is 36.5. The molecule has 2 rings (SSSR count). The Morgan fingerprint density at radius 3 is 2.47 bits per heavy atom. The fraction of sp³-hybridized carbons (Fsp3) is 0. The number of allylic oxidation sites excluding steroid dienone is 4. The van der Waals surface area contributed by atoms with E-state index in [-0.39, 0.29) is 17.0 Å². The highest BCUT2D eigenvalue weighted by Gasteiger charge is 2.11. The number of carbonyl (C=O) groups is 2. The lowest BCUT2D eigenvalue weighted by Crippen LogP contribution is -2.04. The molecule has 0 spiro atoms. The fourth-order valence-electron chi connectivity index (χ4n) is 1.45. The minimum Gasteiger partial charge on any atom is -0.290 e. The Bertz CT molecular complexity index is 638. The molecule has 0 N–H and O–H groups in total. The average Bonchev–Trinajstić information content (AvgIpc) is 2.41. The quantitative estimate of drug-likeness (QED) is 0.459. The molecule has 0 fully saturated rings. The Balaban J connectivity index is 2.26. The summed E-state index contributed by atoms with van der Waals surface area (Å²) in [7, 11) is 0. The lowest BCUT2D eigenvalue weighted by Gasteiger charge is -1.99. The number of hydrogen-bond acceptors (Lipinski definition) is 4. The van der Waals surface area contributed by atoms with Gasteiger partial charge < -0.3 is 0 Å². The van der Waals surface area contributed by atoms with Gasteiger partial charge in [0, 0.05) is 17.7 Å².